The minimum atomic E-state index is -0.709. The minimum absolute atomic E-state index is 0.154. The van der Waals surface area contributed by atoms with Crippen molar-refractivity contribution in [2.45, 2.75) is 13.5 Å². The van der Waals surface area contributed by atoms with Crippen molar-refractivity contribution in [3.63, 3.8) is 0 Å². The van der Waals surface area contributed by atoms with E-state index in [4.69, 9.17) is 15.5 Å². The fourth-order valence-corrected chi connectivity index (χ4v) is 2.90. The van der Waals surface area contributed by atoms with Gasteiger partial charge in [-0.05, 0) is 19.1 Å². The molecule has 9 nitrogen and oxygen atoms in total. The van der Waals surface area contributed by atoms with Crippen LogP contribution in [0.4, 0.5) is 4.79 Å². The Morgan fingerprint density at radius 1 is 1.35 bits per heavy atom. The molecule has 0 unspecified atom stereocenters. The van der Waals surface area contributed by atoms with Crippen LogP contribution < -0.4 is 27.0 Å². The van der Waals surface area contributed by atoms with Crippen molar-refractivity contribution in [1.29, 1.82) is 0 Å². The second-order valence-corrected chi connectivity index (χ2v) is 6.19. The van der Waals surface area contributed by atoms with Gasteiger partial charge in [0.25, 0.3) is 5.56 Å². The molecule has 1 aliphatic rings. The first-order chi connectivity index (χ1) is 12.5. The fraction of sp³-hybridized carbons (Fsp3) is 0.353. The number of amides is 2. The number of hydrogen-bond donors (Lipinski definition) is 4. The number of carbonyl (C=O) groups excluding carboxylic acids is 1. The Balaban J connectivity index is 2.00. The zero-order chi connectivity index (χ0) is 18.5. The van der Waals surface area contributed by atoms with Crippen molar-refractivity contribution in [3.8, 4) is 0 Å². The average Bonchev–Trinajstić information content (AvgIpc) is 2.64. The van der Waals surface area contributed by atoms with Crippen LogP contribution in [0.25, 0.3) is 17.1 Å². The van der Waals surface area contributed by atoms with E-state index in [1.54, 1.807) is 19.2 Å². The first-order valence-electron chi connectivity index (χ1n) is 8.46. The average molecular weight is 359 g/mol. The Hall–Kier alpha value is -2.91. The molecular formula is C17H23N6O3+. The molecule has 0 saturated carbocycles. The smallest absolute Gasteiger partial charge is 0.330 e. The van der Waals surface area contributed by atoms with Gasteiger partial charge in [-0.1, -0.05) is 12.1 Å². The molecule has 3 rings (SSSR count). The van der Waals surface area contributed by atoms with Gasteiger partial charge in [0, 0.05) is 11.9 Å². The molecule has 0 aliphatic carbocycles. The van der Waals surface area contributed by atoms with Crippen molar-refractivity contribution in [3.05, 3.63) is 46.1 Å². The highest BCUT2D eigenvalue weighted by Gasteiger charge is 2.18. The SMILES string of the molecule is CC(=Cn1c(C[NH+]2CCOCC2)nc2ccccc2c1=O)NNC(N)=O. The number of nitrogens with two attached hydrogens (primary N) is 1. The molecule has 1 saturated heterocycles. The van der Waals surface area contributed by atoms with Gasteiger partial charge in [-0.2, -0.15) is 0 Å². The quantitative estimate of drug-likeness (QED) is 0.501. The number of quaternary nitrogens is 1. The zero-order valence-corrected chi connectivity index (χ0v) is 14.6. The highest BCUT2D eigenvalue weighted by molar-refractivity contribution is 5.77. The molecular weight excluding hydrogens is 336 g/mol. The first kappa shape index (κ1) is 17.9. The Labute approximate surface area is 150 Å². The Morgan fingerprint density at radius 3 is 2.81 bits per heavy atom. The standard InChI is InChI=1S/C17H22N6O3/c1-12(20-21-17(18)25)10-23-15(11-22-6-8-26-9-7-22)19-14-5-3-2-4-13(14)16(23)24/h2-5,10,20H,6-9,11H2,1H3,(H3,18,21,25)/p+1. The van der Waals surface area contributed by atoms with Crippen LogP contribution in [0.15, 0.2) is 34.8 Å². The maximum absolute atomic E-state index is 13.0. The van der Waals surface area contributed by atoms with E-state index < -0.39 is 6.03 Å². The number of morpholine rings is 1. The number of para-hydroxylation sites is 1. The summed E-state index contributed by atoms with van der Waals surface area (Å²) in [6.45, 7) is 5.47. The molecule has 0 spiro atoms. The highest BCUT2D eigenvalue weighted by atomic mass is 16.5. The summed E-state index contributed by atoms with van der Waals surface area (Å²) in [7, 11) is 0. The Morgan fingerprint density at radius 2 is 2.08 bits per heavy atom. The van der Waals surface area contributed by atoms with E-state index in [0.717, 1.165) is 13.1 Å². The molecule has 138 valence electrons. The Bertz CT molecular complexity index is 886. The van der Waals surface area contributed by atoms with Crippen molar-refractivity contribution >= 4 is 23.1 Å². The molecule has 5 N–H and O–H groups in total. The van der Waals surface area contributed by atoms with Gasteiger partial charge in [0.15, 0.2) is 5.82 Å². The number of urea groups is 1. The molecule has 1 aromatic heterocycles. The molecule has 9 heteroatoms. The normalized spacial score (nSPS) is 15.8. The number of benzene rings is 1. The number of hydrogen-bond acceptors (Lipinski definition) is 5. The molecule has 0 atom stereocenters. The second kappa shape index (κ2) is 7.98. The summed E-state index contributed by atoms with van der Waals surface area (Å²) >= 11 is 0. The number of carbonyl (C=O) groups is 1. The summed E-state index contributed by atoms with van der Waals surface area (Å²) in [5, 5.41) is 0.542. The van der Waals surface area contributed by atoms with Crippen LogP contribution in [-0.4, -0.2) is 41.9 Å². The lowest BCUT2D eigenvalue weighted by molar-refractivity contribution is -0.922. The van der Waals surface area contributed by atoms with Gasteiger partial charge in [0.1, 0.15) is 19.6 Å². The molecule has 0 bridgehead atoms. The predicted octanol–water partition coefficient (Wildman–Crippen LogP) is -1.20. The van der Waals surface area contributed by atoms with E-state index in [1.807, 2.05) is 18.2 Å². The van der Waals surface area contributed by atoms with Gasteiger partial charge in [0.2, 0.25) is 0 Å². The summed E-state index contributed by atoms with van der Waals surface area (Å²) in [4.78, 5) is 29.8. The van der Waals surface area contributed by atoms with Crippen LogP contribution in [0.5, 0.6) is 0 Å². The van der Waals surface area contributed by atoms with Crippen molar-refractivity contribution in [1.82, 2.24) is 20.4 Å². The molecule has 1 aromatic carbocycles. The van der Waals surface area contributed by atoms with Gasteiger partial charge < -0.3 is 20.8 Å². The number of allylic oxidation sites excluding steroid dienone is 1. The number of fused-ring (bicyclic) bond motifs is 1. The molecule has 2 amide bonds. The largest absolute Gasteiger partial charge is 0.370 e. The van der Waals surface area contributed by atoms with Gasteiger partial charge in [0.05, 0.1) is 24.1 Å². The van der Waals surface area contributed by atoms with E-state index in [0.29, 0.717) is 42.2 Å². The first-order valence-corrected chi connectivity index (χ1v) is 8.46. The highest BCUT2D eigenvalue weighted by Crippen LogP contribution is 2.08. The topological polar surface area (TPSA) is 116 Å². The lowest BCUT2D eigenvalue weighted by Gasteiger charge is -2.24. The van der Waals surface area contributed by atoms with E-state index in [-0.39, 0.29) is 5.56 Å². The predicted molar refractivity (Wildman–Crippen MR) is 97.0 cm³/mol. The van der Waals surface area contributed by atoms with Crippen LogP contribution in [-0.2, 0) is 11.3 Å². The molecule has 1 aliphatic heterocycles. The molecule has 2 aromatic rings. The summed E-state index contributed by atoms with van der Waals surface area (Å²) in [5.41, 5.74) is 11.1. The van der Waals surface area contributed by atoms with Crippen LogP contribution >= 0.6 is 0 Å². The molecule has 2 heterocycles. The lowest BCUT2D eigenvalue weighted by atomic mass is 10.2. The van der Waals surface area contributed by atoms with Crippen molar-refractivity contribution in [2.24, 2.45) is 5.73 Å². The van der Waals surface area contributed by atoms with Gasteiger partial charge >= 0.3 is 6.03 Å². The van der Waals surface area contributed by atoms with Crippen molar-refractivity contribution < 1.29 is 14.4 Å². The van der Waals surface area contributed by atoms with E-state index >= 15 is 0 Å². The van der Waals surface area contributed by atoms with Crippen LogP contribution in [0.3, 0.4) is 0 Å². The fourth-order valence-electron chi connectivity index (χ4n) is 2.90. The number of primary amides is 1. The van der Waals surface area contributed by atoms with Gasteiger partial charge in [-0.15, -0.1) is 0 Å². The van der Waals surface area contributed by atoms with E-state index in [1.165, 1.54) is 9.47 Å². The number of nitrogens with one attached hydrogen (secondary N) is 3. The van der Waals surface area contributed by atoms with Crippen molar-refractivity contribution in [2.75, 3.05) is 26.3 Å². The third-order valence-electron chi connectivity index (χ3n) is 4.19. The van der Waals surface area contributed by atoms with E-state index in [2.05, 4.69) is 10.9 Å². The number of nitrogens with zero attached hydrogens (tertiary/aromatic N) is 2. The maximum Gasteiger partial charge on any atom is 0.330 e. The Kier molecular flexibility index (Phi) is 5.49. The monoisotopic (exact) mass is 359 g/mol. The van der Waals surface area contributed by atoms with Gasteiger partial charge in [-0.3, -0.25) is 14.8 Å². The molecule has 26 heavy (non-hydrogen) atoms. The zero-order valence-electron chi connectivity index (χ0n) is 14.6. The third-order valence-corrected chi connectivity index (χ3v) is 4.19. The van der Waals surface area contributed by atoms with Crippen LogP contribution in [0, 0.1) is 0 Å². The summed E-state index contributed by atoms with van der Waals surface area (Å²) < 4.78 is 6.92. The summed E-state index contributed by atoms with van der Waals surface area (Å²) in [5.74, 6) is 0.658. The summed E-state index contributed by atoms with van der Waals surface area (Å²) in [6, 6.07) is 6.56. The maximum atomic E-state index is 13.0. The third kappa shape index (κ3) is 4.19. The van der Waals surface area contributed by atoms with Crippen LogP contribution in [0.2, 0.25) is 0 Å². The number of ether oxygens (including phenoxy) is 1. The van der Waals surface area contributed by atoms with E-state index in [9.17, 15) is 9.59 Å². The lowest BCUT2D eigenvalue weighted by Crippen LogP contribution is -3.13. The van der Waals surface area contributed by atoms with Gasteiger partial charge in [-0.25, -0.2) is 9.78 Å². The number of rotatable bonds is 5. The molecule has 1 fully saturated rings. The summed E-state index contributed by atoms with van der Waals surface area (Å²) in [6.07, 6.45) is 1.62. The minimum Gasteiger partial charge on any atom is -0.370 e. The number of aromatic nitrogens is 2. The molecule has 0 radical (unpaired) electrons. The van der Waals surface area contributed by atoms with Crippen LogP contribution in [0.1, 0.15) is 12.7 Å². The second-order valence-electron chi connectivity index (χ2n) is 6.19. The number of hydrazine groups is 1.